The highest BCUT2D eigenvalue weighted by molar-refractivity contribution is 7.81. The molecule has 0 aliphatic rings. The van der Waals surface area contributed by atoms with Gasteiger partial charge in [0.2, 0.25) is 0 Å². The second-order valence-corrected chi connectivity index (χ2v) is 8.20. The fourth-order valence-electron chi connectivity index (χ4n) is 3.21. The van der Waals surface area contributed by atoms with Crippen LogP contribution in [0.3, 0.4) is 0 Å². The van der Waals surface area contributed by atoms with Crippen molar-refractivity contribution in [3.8, 4) is 10.4 Å². The van der Waals surface area contributed by atoms with E-state index >= 15 is 0 Å². The van der Waals surface area contributed by atoms with Crippen molar-refractivity contribution in [1.82, 2.24) is 4.98 Å². The van der Waals surface area contributed by atoms with E-state index in [1.165, 1.54) is 0 Å². The fraction of sp³-hybridized carbons (Fsp3) is 0.0476. The molecule has 0 bridgehead atoms. The van der Waals surface area contributed by atoms with E-state index in [4.69, 9.17) is 0 Å². The first-order chi connectivity index (χ1) is 14.0. The maximum Gasteiger partial charge on any atom is 0.348 e. The number of pyridine rings is 1. The Morgan fingerprint density at radius 2 is 1.83 bits per heavy atom. The highest BCUT2D eigenvalue weighted by atomic mass is 32.2. The minimum atomic E-state index is -2.45. The van der Waals surface area contributed by atoms with Crippen LogP contribution in [0.15, 0.2) is 66.9 Å². The Hall–Kier alpha value is -3.07. The number of rotatable bonds is 5. The number of aromatic carboxylic acids is 1. The number of fused-ring (bicyclic) bond motifs is 1. The average molecular weight is 425 g/mol. The zero-order valence-electron chi connectivity index (χ0n) is 15.3. The molecule has 0 spiro atoms. The summed E-state index contributed by atoms with van der Waals surface area (Å²) in [7, 11) is 0. The minimum absolute atomic E-state index is 0.0152. The predicted molar refractivity (Wildman–Crippen MR) is 116 cm³/mol. The van der Waals surface area contributed by atoms with E-state index in [1.807, 2.05) is 36.4 Å². The van der Waals surface area contributed by atoms with Crippen LogP contribution in [0, 0.1) is 6.92 Å². The molecule has 8 heteroatoms. The summed E-state index contributed by atoms with van der Waals surface area (Å²) in [6.45, 7) is 1.80. The van der Waals surface area contributed by atoms with Crippen molar-refractivity contribution in [2.75, 3.05) is 4.31 Å². The van der Waals surface area contributed by atoms with Crippen molar-refractivity contribution in [3.05, 3.63) is 77.3 Å². The molecular weight excluding hydrogens is 408 g/mol. The van der Waals surface area contributed by atoms with Gasteiger partial charge >= 0.3 is 5.97 Å². The lowest BCUT2D eigenvalue weighted by Crippen LogP contribution is -2.21. The summed E-state index contributed by atoms with van der Waals surface area (Å²) in [5.41, 5.74) is 2.91. The molecular formula is C21H16N2O4S2. The van der Waals surface area contributed by atoms with Gasteiger partial charge in [0, 0.05) is 22.0 Å². The quantitative estimate of drug-likeness (QED) is 0.427. The average Bonchev–Trinajstić information content (AvgIpc) is 3.14. The number of aryl methyl sites for hydroxylation is 1. The van der Waals surface area contributed by atoms with Crippen molar-refractivity contribution < 1.29 is 18.7 Å². The van der Waals surface area contributed by atoms with Crippen molar-refractivity contribution in [3.63, 3.8) is 0 Å². The highest BCUT2D eigenvalue weighted by Gasteiger charge is 2.27. The first kappa shape index (κ1) is 19.3. The van der Waals surface area contributed by atoms with E-state index in [9.17, 15) is 18.7 Å². The van der Waals surface area contributed by atoms with Crippen LogP contribution in [-0.2, 0) is 11.3 Å². The minimum Gasteiger partial charge on any atom is -0.477 e. The second kappa shape index (κ2) is 7.75. The zero-order chi connectivity index (χ0) is 20.5. The molecule has 4 rings (SSSR count). The summed E-state index contributed by atoms with van der Waals surface area (Å²) in [5.74, 6) is -1.16. The van der Waals surface area contributed by atoms with Crippen LogP contribution in [0.25, 0.3) is 21.3 Å². The van der Waals surface area contributed by atoms with Gasteiger partial charge in [0.15, 0.2) is 0 Å². The summed E-state index contributed by atoms with van der Waals surface area (Å²) in [4.78, 5) is 17.0. The first-order valence-corrected chi connectivity index (χ1v) is 10.5. The van der Waals surface area contributed by atoms with Crippen LogP contribution in [0.4, 0.5) is 11.4 Å². The van der Waals surface area contributed by atoms with Crippen LogP contribution >= 0.6 is 11.3 Å². The molecule has 0 fully saturated rings. The lowest BCUT2D eigenvalue weighted by atomic mass is 10.1. The number of thiophene rings is 1. The van der Waals surface area contributed by atoms with Gasteiger partial charge in [-0.2, -0.15) is 0 Å². The summed E-state index contributed by atoms with van der Waals surface area (Å²) in [6.07, 6.45) is 1.68. The van der Waals surface area contributed by atoms with Gasteiger partial charge in [-0.1, -0.05) is 42.5 Å². The summed E-state index contributed by atoms with van der Waals surface area (Å²) in [6, 6.07) is 18.1. The van der Waals surface area contributed by atoms with Gasteiger partial charge in [0.05, 0.1) is 16.9 Å². The molecule has 0 saturated heterocycles. The van der Waals surface area contributed by atoms with Gasteiger partial charge in [-0.25, -0.2) is 13.3 Å². The maximum atomic E-state index is 12.2. The van der Waals surface area contributed by atoms with Crippen LogP contribution in [-0.4, -0.2) is 24.8 Å². The van der Waals surface area contributed by atoms with Gasteiger partial charge in [0.1, 0.15) is 4.88 Å². The SMILES string of the molecule is Cc1ccccc1N(c1cc(-c2cccc3cccnc23)sc1C(=O)O)S(=O)O. The Morgan fingerprint density at radius 3 is 2.55 bits per heavy atom. The Labute approximate surface area is 173 Å². The molecule has 146 valence electrons. The monoisotopic (exact) mass is 424 g/mol. The Morgan fingerprint density at radius 1 is 1.07 bits per heavy atom. The molecule has 29 heavy (non-hydrogen) atoms. The maximum absolute atomic E-state index is 12.2. The zero-order valence-corrected chi connectivity index (χ0v) is 16.9. The number of hydrogen-bond donors (Lipinski definition) is 2. The number of carbonyl (C=O) groups is 1. The molecule has 2 aromatic carbocycles. The summed E-state index contributed by atoms with van der Waals surface area (Å²) >= 11 is -1.40. The second-order valence-electron chi connectivity index (χ2n) is 6.32. The number of carboxylic acids is 1. The number of anilines is 2. The van der Waals surface area contributed by atoms with E-state index < -0.39 is 17.2 Å². The Bertz CT molecular complexity index is 1250. The molecule has 0 radical (unpaired) electrons. The number of nitrogens with zero attached hydrogens (tertiary/aromatic N) is 2. The lowest BCUT2D eigenvalue weighted by molar-refractivity contribution is 0.0703. The third-order valence-electron chi connectivity index (χ3n) is 4.51. The molecule has 4 aromatic rings. The molecule has 2 aromatic heterocycles. The van der Waals surface area contributed by atoms with Crippen molar-refractivity contribution in [2.45, 2.75) is 6.92 Å². The van der Waals surface area contributed by atoms with E-state index in [-0.39, 0.29) is 10.6 Å². The molecule has 1 unspecified atom stereocenters. The van der Waals surface area contributed by atoms with Crippen molar-refractivity contribution >= 4 is 50.9 Å². The first-order valence-electron chi connectivity index (χ1n) is 8.65. The van der Waals surface area contributed by atoms with Crippen molar-refractivity contribution in [2.24, 2.45) is 0 Å². The molecule has 0 saturated carbocycles. The van der Waals surface area contributed by atoms with Gasteiger partial charge in [-0.3, -0.25) is 9.54 Å². The topological polar surface area (TPSA) is 90.7 Å². The normalized spacial score (nSPS) is 12.1. The molecule has 0 aliphatic carbocycles. The highest BCUT2D eigenvalue weighted by Crippen LogP contribution is 2.42. The number of benzene rings is 2. The van der Waals surface area contributed by atoms with Crippen LogP contribution in [0.2, 0.25) is 0 Å². The molecule has 1 atom stereocenters. The molecule has 0 aliphatic heterocycles. The van der Waals surface area contributed by atoms with E-state index in [2.05, 4.69) is 4.98 Å². The van der Waals surface area contributed by atoms with E-state index in [0.717, 1.165) is 37.7 Å². The van der Waals surface area contributed by atoms with Crippen molar-refractivity contribution in [1.29, 1.82) is 0 Å². The molecule has 2 N–H and O–H groups in total. The number of carboxylic acid groups (broad SMARTS) is 1. The smallest absolute Gasteiger partial charge is 0.348 e. The van der Waals surface area contributed by atoms with Gasteiger partial charge in [-0.05, 0) is 30.7 Å². The molecule has 0 amide bonds. The van der Waals surface area contributed by atoms with Gasteiger partial charge in [0.25, 0.3) is 11.3 Å². The Kier molecular flexibility index (Phi) is 5.14. The van der Waals surface area contributed by atoms with Crippen LogP contribution < -0.4 is 4.31 Å². The van der Waals surface area contributed by atoms with Gasteiger partial charge < -0.3 is 5.11 Å². The van der Waals surface area contributed by atoms with Crippen LogP contribution in [0.1, 0.15) is 15.2 Å². The Balaban J connectivity index is 1.95. The third-order valence-corrected chi connectivity index (χ3v) is 6.37. The third kappa shape index (κ3) is 3.53. The predicted octanol–water partition coefficient (Wildman–Crippen LogP) is 5.24. The van der Waals surface area contributed by atoms with E-state index in [0.29, 0.717) is 10.6 Å². The standard InChI is InChI=1S/C21H16N2O4S2/c1-13-6-2-3-10-16(13)23(29(26)27)17-12-18(28-20(17)21(24)25)15-9-4-7-14-8-5-11-22-19(14)15/h2-12H,1H3,(H,24,25)(H,26,27). The van der Waals surface area contributed by atoms with E-state index in [1.54, 1.807) is 37.4 Å². The number of hydrogen-bond acceptors (Lipinski definition) is 4. The number of aromatic nitrogens is 1. The summed E-state index contributed by atoms with van der Waals surface area (Å²) < 4.78 is 23.4. The number of para-hydroxylation sites is 2. The van der Waals surface area contributed by atoms with Gasteiger partial charge in [-0.15, -0.1) is 11.3 Å². The summed E-state index contributed by atoms with van der Waals surface area (Å²) in [5, 5.41) is 10.7. The molecule has 2 heterocycles. The lowest BCUT2D eigenvalue weighted by Gasteiger charge is -2.21. The largest absolute Gasteiger partial charge is 0.477 e. The fourth-order valence-corrected chi connectivity index (χ4v) is 4.96. The van der Waals surface area contributed by atoms with Crippen LogP contribution in [0.5, 0.6) is 0 Å². The molecule has 6 nitrogen and oxygen atoms in total.